The number of halogens is 2. The van der Waals surface area contributed by atoms with E-state index in [0.717, 1.165) is 42.0 Å². The van der Waals surface area contributed by atoms with Crippen LogP contribution in [0.4, 0.5) is 5.69 Å². The zero-order chi connectivity index (χ0) is 30.1. The summed E-state index contributed by atoms with van der Waals surface area (Å²) >= 11 is 12.7. The Morgan fingerprint density at radius 1 is 0.929 bits per heavy atom. The van der Waals surface area contributed by atoms with E-state index >= 15 is 0 Å². The molecule has 42 heavy (non-hydrogen) atoms. The number of nitrogens with one attached hydrogen (secondary N) is 1. The molecule has 3 aromatic rings. The van der Waals surface area contributed by atoms with Crippen LogP contribution in [-0.2, 0) is 26.0 Å². The Balaban J connectivity index is 1.69. The molecule has 1 saturated carbocycles. The van der Waals surface area contributed by atoms with Gasteiger partial charge in [-0.25, -0.2) is 8.42 Å². The molecule has 4 rings (SSSR count). The van der Waals surface area contributed by atoms with Gasteiger partial charge in [-0.2, -0.15) is 0 Å². The first kappa shape index (κ1) is 31.9. The maximum absolute atomic E-state index is 14.2. The summed E-state index contributed by atoms with van der Waals surface area (Å²) in [7, 11) is -4.22. The van der Waals surface area contributed by atoms with Crippen molar-refractivity contribution in [3.63, 3.8) is 0 Å². The van der Waals surface area contributed by atoms with Crippen molar-refractivity contribution >= 4 is 50.7 Å². The molecule has 1 fully saturated rings. The lowest BCUT2D eigenvalue weighted by atomic mass is 9.95. The summed E-state index contributed by atoms with van der Waals surface area (Å²) in [6.07, 6.45) is 5.98. The van der Waals surface area contributed by atoms with E-state index in [-0.39, 0.29) is 39.1 Å². The fraction of sp³-hybridized carbons (Fsp3) is 0.375. The zero-order valence-electron chi connectivity index (χ0n) is 23.7. The Kier molecular flexibility index (Phi) is 11.3. The molecule has 1 aliphatic rings. The third-order valence-corrected chi connectivity index (χ3v) is 9.94. The van der Waals surface area contributed by atoms with Crippen molar-refractivity contribution in [3.8, 4) is 0 Å². The highest BCUT2D eigenvalue weighted by Crippen LogP contribution is 2.33. The molecule has 10 heteroatoms. The predicted molar refractivity (Wildman–Crippen MR) is 168 cm³/mol. The number of hydrogen-bond donors (Lipinski definition) is 1. The van der Waals surface area contributed by atoms with E-state index in [1.54, 1.807) is 24.3 Å². The lowest BCUT2D eigenvalue weighted by Crippen LogP contribution is -2.54. The van der Waals surface area contributed by atoms with Gasteiger partial charge in [-0.1, -0.05) is 97.9 Å². The summed E-state index contributed by atoms with van der Waals surface area (Å²) in [6, 6.07) is 21.3. The smallest absolute Gasteiger partial charge is 0.264 e. The van der Waals surface area contributed by atoms with E-state index in [0.29, 0.717) is 12.8 Å². The lowest BCUT2D eigenvalue weighted by Gasteiger charge is -2.34. The van der Waals surface area contributed by atoms with Gasteiger partial charge in [0.15, 0.2) is 0 Å². The van der Waals surface area contributed by atoms with Gasteiger partial charge in [0.1, 0.15) is 12.6 Å². The van der Waals surface area contributed by atoms with Gasteiger partial charge < -0.3 is 10.2 Å². The average Bonchev–Trinajstić information content (AvgIpc) is 3.00. The van der Waals surface area contributed by atoms with Gasteiger partial charge in [-0.05, 0) is 61.6 Å². The van der Waals surface area contributed by atoms with Crippen LogP contribution in [0.1, 0.15) is 51.0 Å². The minimum absolute atomic E-state index is 0.00626. The normalized spacial score (nSPS) is 14.6. The first-order valence-electron chi connectivity index (χ1n) is 14.4. The summed E-state index contributed by atoms with van der Waals surface area (Å²) in [5.74, 6) is -0.726. The molecule has 0 unspecified atom stereocenters. The first-order valence-corrected chi connectivity index (χ1v) is 16.6. The molecule has 0 heterocycles. The standard InChI is InChI=1S/C32H37Cl2N3O4S/c1-2-29(32(39)35-26-14-8-4-9-15-26)36(21-20-24-12-6-3-7-13-24)31(38)23-37(30-22-25(33)18-19-28(30)34)42(40,41)27-16-10-5-11-17-27/h3,5-7,10-13,16-19,22,26,29H,2,4,8-9,14-15,20-21,23H2,1H3,(H,35,39)/t29-/m0/s1. The van der Waals surface area contributed by atoms with Gasteiger partial charge in [0.25, 0.3) is 10.0 Å². The Morgan fingerprint density at radius 3 is 2.21 bits per heavy atom. The van der Waals surface area contributed by atoms with Crippen LogP contribution in [-0.4, -0.2) is 50.3 Å². The molecule has 0 spiro atoms. The SMILES string of the molecule is CC[C@@H](C(=O)NC1CCCCC1)N(CCc1ccccc1)C(=O)CN(c1cc(Cl)ccc1Cl)S(=O)(=O)c1ccccc1. The van der Waals surface area contributed by atoms with Gasteiger partial charge >= 0.3 is 0 Å². The van der Waals surface area contributed by atoms with E-state index in [4.69, 9.17) is 23.2 Å². The maximum Gasteiger partial charge on any atom is 0.264 e. The minimum Gasteiger partial charge on any atom is -0.352 e. The van der Waals surface area contributed by atoms with E-state index in [1.165, 1.54) is 29.2 Å². The number of benzene rings is 3. The average molecular weight is 631 g/mol. The van der Waals surface area contributed by atoms with Crippen molar-refractivity contribution in [1.82, 2.24) is 10.2 Å². The number of anilines is 1. The molecular formula is C32H37Cl2N3O4S. The van der Waals surface area contributed by atoms with E-state index < -0.39 is 28.5 Å². The van der Waals surface area contributed by atoms with Gasteiger partial charge in [0.2, 0.25) is 11.8 Å². The highest BCUT2D eigenvalue weighted by atomic mass is 35.5. The summed E-state index contributed by atoms with van der Waals surface area (Å²) < 4.78 is 28.9. The van der Waals surface area contributed by atoms with Crippen LogP contribution in [0, 0.1) is 0 Å². The third-order valence-electron chi connectivity index (χ3n) is 7.61. The zero-order valence-corrected chi connectivity index (χ0v) is 26.0. The lowest BCUT2D eigenvalue weighted by molar-refractivity contribution is -0.140. The van der Waals surface area contributed by atoms with Crippen molar-refractivity contribution in [2.45, 2.75) is 68.8 Å². The Morgan fingerprint density at radius 2 is 1.57 bits per heavy atom. The summed E-state index contributed by atoms with van der Waals surface area (Å²) in [5, 5.41) is 3.56. The number of hydrogen-bond acceptors (Lipinski definition) is 4. The van der Waals surface area contributed by atoms with Crippen LogP contribution >= 0.6 is 23.2 Å². The summed E-state index contributed by atoms with van der Waals surface area (Å²) in [4.78, 5) is 29.3. The molecule has 0 aliphatic heterocycles. The van der Waals surface area contributed by atoms with Gasteiger partial charge in [0, 0.05) is 17.6 Å². The molecule has 0 radical (unpaired) electrons. The molecular weight excluding hydrogens is 593 g/mol. The number of sulfonamides is 1. The largest absolute Gasteiger partial charge is 0.352 e. The quantitative estimate of drug-likeness (QED) is 0.248. The van der Waals surface area contributed by atoms with Crippen LogP contribution in [0.15, 0.2) is 83.8 Å². The Bertz CT molecular complexity index is 1450. The number of amides is 2. The van der Waals surface area contributed by atoms with Crippen LogP contribution in [0.2, 0.25) is 10.0 Å². The molecule has 1 atom stereocenters. The molecule has 1 N–H and O–H groups in total. The van der Waals surface area contributed by atoms with Crippen molar-refractivity contribution < 1.29 is 18.0 Å². The molecule has 1 aliphatic carbocycles. The third kappa shape index (κ3) is 8.06. The molecule has 7 nitrogen and oxygen atoms in total. The number of carbonyl (C=O) groups is 2. The second-order valence-corrected chi connectivity index (χ2v) is 13.2. The number of carbonyl (C=O) groups excluding carboxylic acids is 2. The molecule has 0 aromatic heterocycles. The summed E-state index contributed by atoms with van der Waals surface area (Å²) in [5.41, 5.74) is 1.09. The van der Waals surface area contributed by atoms with Crippen LogP contribution in [0.5, 0.6) is 0 Å². The van der Waals surface area contributed by atoms with Gasteiger partial charge in [-0.15, -0.1) is 0 Å². The van der Waals surface area contributed by atoms with E-state index in [1.807, 2.05) is 37.3 Å². The van der Waals surface area contributed by atoms with E-state index in [2.05, 4.69) is 5.32 Å². The van der Waals surface area contributed by atoms with Gasteiger partial charge in [0.05, 0.1) is 15.6 Å². The van der Waals surface area contributed by atoms with Gasteiger partial charge in [-0.3, -0.25) is 13.9 Å². The Hall–Kier alpha value is -3.07. The highest BCUT2D eigenvalue weighted by molar-refractivity contribution is 7.92. The van der Waals surface area contributed by atoms with E-state index in [9.17, 15) is 18.0 Å². The number of rotatable bonds is 12. The van der Waals surface area contributed by atoms with Crippen molar-refractivity contribution in [2.24, 2.45) is 0 Å². The van der Waals surface area contributed by atoms with Crippen LogP contribution < -0.4 is 9.62 Å². The second-order valence-electron chi connectivity index (χ2n) is 10.5. The molecule has 0 bridgehead atoms. The van der Waals surface area contributed by atoms with Crippen molar-refractivity contribution in [2.75, 3.05) is 17.4 Å². The fourth-order valence-corrected chi connectivity index (χ4v) is 7.23. The monoisotopic (exact) mass is 629 g/mol. The molecule has 224 valence electrons. The predicted octanol–water partition coefficient (Wildman–Crippen LogP) is 6.49. The molecule has 0 saturated heterocycles. The van der Waals surface area contributed by atoms with Crippen LogP contribution in [0.25, 0.3) is 0 Å². The second kappa shape index (κ2) is 14.9. The summed E-state index contributed by atoms with van der Waals surface area (Å²) in [6.45, 7) is 1.54. The van der Waals surface area contributed by atoms with Crippen LogP contribution in [0.3, 0.4) is 0 Å². The number of nitrogens with zero attached hydrogens (tertiary/aromatic N) is 2. The molecule has 2 amide bonds. The topological polar surface area (TPSA) is 86.8 Å². The van der Waals surface area contributed by atoms with Crippen molar-refractivity contribution in [1.29, 1.82) is 0 Å². The maximum atomic E-state index is 14.2. The van der Waals surface area contributed by atoms with Crippen molar-refractivity contribution in [3.05, 3.63) is 94.5 Å². The fourth-order valence-electron chi connectivity index (χ4n) is 5.35. The highest BCUT2D eigenvalue weighted by Gasteiger charge is 2.35. The minimum atomic E-state index is -4.22. The first-order chi connectivity index (χ1) is 20.2. The molecule has 3 aromatic carbocycles. The Labute approximate surface area is 258 Å².